The van der Waals surface area contributed by atoms with E-state index in [9.17, 15) is 9.59 Å². The minimum Gasteiger partial charge on any atom is -0.461 e. The molecule has 1 unspecified atom stereocenters. The predicted molar refractivity (Wildman–Crippen MR) is 110 cm³/mol. The van der Waals surface area contributed by atoms with Crippen molar-refractivity contribution < 1.29 is 18.4 Å². The number of fused-ring (bicyclic) bond motifs is 1. The zero-order valence-electron chi connectivity index (χ0n) is 16.1. The van der Waals surface area contributed by atoms with Crippen molar-refractivity contribution in [1.29, 1.82) is 0 Å². The zero-order chi connectivity index (χ0) is 21.1. The topological polar surface area (TPSA) is 129 Å². The number of nitrogens with zero attached hydrogens (tertiary/aromatic N) is 3. The molecule has 4 rings (SSSR count). The number of nitrogens with two attached hydrogens (primary N) is 1. The lowest BCUT2D eigenvalue weighted by atomic mass is 10.2. The molecule has 10 heteroatoms. The molecule has 3 N–H and O–H groups in total. The summed E-state index contributed by atoms with van der Waals surface area (Å²) in [6, 6.07) is 12.7. The Bertz CT molecular complexity index is 1150. The molecule has 2 amide bonds. The van der Waals surface area contributed by atoms with E-state index in [1.54, 1.807) is 12.1 Å². The van der Waals surface area contributed by atoms with Crippen LogP contribution in [0.3, 0.4) is 0 Å². The maximum absolute atomic E-state index is 12.4. The number of thioether (sulfide) groups is 1. The van der Waals surface area contributed by atoms with E-state index >= 15 is 0 Å². The van der Waals surface area contributed by atoms with Crippen LogP contribution < -0.4 is 11.1 Å². The molecule has 0 spiro atoms. The Morgan fingerprint density at radius 1 is 1.23 bits per heavy atom. The molecule has 3 aromatic heterocycles. The molecular formula is C20H19N5O4S. The van der Waals surface area contributed by atoms with E-state index in [-0.39, 0.29) is 24.2 Å². The van der Waals surface area contributed by atoms with E-state index in [0.717, 1.165) is 22.7 Å². The number of rotatable bonds is 8. The number of nitrogens with one attached hydrogen (secondary N) is 1. The van der Waals surface area contributed by atoms with Crippen molar-refractivity contribution in [2.45, 2.75) is 24.7 Å². The molecule has 3 heterocycles. The normalized spacial score (nSPS) is 12.2. The first-order chi connectivity index (χ1) is 14.5. The highest BCUT2D eigenvalue weighted by atomic mass is 32.2. The van der Waals surface area contributed by atoms with Gasteiger partial charge in [-0.15, -0.1) is 10.2 Å². The second kappa shape index (κ2) is 8.46. The fourth-order valence-corrected chi connectivity index (χ4v) is 3.73. The van der Waals surface area contributed by atoms with Crippen molar-refractivity contribution in [3.63, 3.8) is 0 Å². The molecular weight excluding hydrogens is 406 g/mol. The van der Waals surface area contributed by atoms with Crippen LogP contribution in [0, 0.1) is 0 Å². The number of benzene rings is 1. The third-order valence-corrected chi connectivity index (χ3v) is 5.32. The molecule has 9 nitrogen and oxygen atoms in total. The number of amides is 2. The zero-order valence-corrected chi connectivity index (χ0v) is 16.9. The van der Waals surface area contributed by atoms with Gasteiger partial charge in [0.2, 0.25) is 17.6 Å². The standard InChI is InChI=1S/C20H19N5O4S/c1-12(16-9-13-5-2-3-6-14(13)29-16)22-18(27)11-30-20-24-23-19(15-7-4-8-28-15)25(20)10-17(21)26/h2-9,12H,10-11H2,1H3,(H2,21,26)(H,22,27). The Kier molecular flexibility index (Phi) is 5.57. The van der Waals surface area contributed by atoms with Crippen LogP contribution >= 0.6 is 11.8 Å². The molecule has 0 saturated carbocycles. The molecule has 0 aliphatic heterocycles. The number of aromatic nitrogens is 3. The smallest absolute Gasteiger partial charge is 0.237 e. The maximum Gasteiger partial charge on any atom is 0.237 e. The van der Waals surface area contributed by atoms with Gasteiger partial charge in [-0.05, 0) is 31.2 Å². The van der Waals surface area contributed by atoms with Crippen molar-refractivity contribution in [3.8, 4) is 11.6 Å². The van der Waals surface area contributed by atoms with Crippen LogP contribution in [0.2, 0.25) is 0 Å². The van der Waals surface area contributed by atoms with Crippen molar-refractivity contribution in [2.75, 3.05) is 5.75 Å². The maximum atomic E-state index is 12.4. The number of furan rings is 2. The molecule has 0 aliphatic rings. The van der Waals surface area contributed by atoms with Gasteiger partial charge >= 0.3 is 0 Å². The van der Waals surface area contributed by atoms with Crippen molar-refractivity contribution >= 4 is 34.5 Å². The number of hydrogen-bond donors (Lipinski definition) is 2. The van der Waals surface area contributed by atoms with Gasteiger partial charge in [-0.2, -0.15) is 0 Å². The SMILES string of the molecule is CC(NC(=O)CSc1nnc(-c2ccco2)n1CC(N)=O)c1cc2ccccc2o1. The summed E-state index contributed by atoms with van der Waals surface area (Å²) in [7, 11) is 0. The highest BCUT2D eigenvalue weighted by Gasteiger charge is 2.20. The van der Waals surface area contributed by atoms with Gasteiger partial charge in [0.1, 0.15) is 17.9 Å². The Hall–Kier alpha value is -3.53. The second-order valence-electron chi connectivity index (χ2n) is 6.60. The molecule has 1 aromatic carbocycles. The third kappa shape index (κ3) is 4.23. The number of carbonyl (C=O) groups excluding carboxylic acids is 2. The first-order valence-corrected chi connectivity index (χ1v) is 10.2. The molecule has 0 radical (unpaired) electrons. The fraction of sp³-hybridized carbons (Fsp3) is 0.200. The minimum atomic E-state index is -0.549. The first kappa shape index (κ1) is 19.8. The van der Waals surface area contributed by atoms with Crippen LogP contribution in [0.25, 0.3) is 22.6 Å². The summed E-state index contributed by atoms with van der Waals surface area (Å²) in [4.78, 5) is 23.9. The molecule has 30 heavy (non-hydrogen) atoms. The first-order valence-electron chi connectivity index (χ1n) is 9.17. The Morgan fingerprint density at radius 2 is 2.07 bits per heavy atom. The molecule has 1 atom stereocenters. The average Bonchev–Trinajstić information content (AvgIpc) is 3.45. The van der Waals surface area contributed by atoms with Crippen LogP contribution in [-0.4, -0.2) is 32.3 Å². The lowest BCUT2D eigenvalue weighted by Crippen LogP contribution is -2.28. The van der Waals surface area contributed by atoms with Crippen molar-refractivity contribution in [2.24, 2.45) is 5.73 Å². The summed E-state index contributed by atoms with van der Waals surface area (Å²) in [5.74, 6) is 0.829. The van der Waals surface area contributed by atoms with E-state index in [2.05, 4.69) is 15.5 Å². The van der Waals surface area contributed by atoms with Crippen LogP contribution in [-0.2, 0) is 16.1 Å². The van der Waals surface area contributed by atoms with E-state index in [4.69, 9.17) is 14.6 Å². The molecule has 0 bridgehead atoms. The number of primary amides is 1. The largest absolute Gasteiger partial charge is 0.461 e. The van der Waals surface area contributed by atoms with Crippen LogP contribution in [0.4, 0.5) is 0 Å². The van der Waals surface area contributed by atoms with Gasteiger partial charge in [-0.3, -0.25) is 14.2 Å². The Morgan fingerprint density at radius 3 is 2.80 bits per heavy atom. The Balaban J connectivity index is 1.42. The summed E-state index contributed by atoms with van der Waals surface area (Å²) in [6.07, 6.45) is 1.50. The number of carbonyl (C=O) groups is 2. The van der Waals surface area contributed by atoms with Crippen LogP contribution in [0.5, 0.6) is 0 Å². The van der Waals surface area contributed by atoms with E-state index in [1.807, 2.05) is 37.3 Å². The van der Waals surface area contributed by atoms with Crippen LogP contribution in [0.15, 0.2) is 62.7 Å². The van der Waals surface area contributed by atoms with Gasteiger partial charge in [0.25, 0.3) is 0 Å². The Labute approximate surface area is 175 Å². The monoisotopic (exact) mass is 425 g/mol. The molecule has 4 aromatic rings. The van der Waals surface area contributed by atoms with Gasteiger partial charge in [-0.1, -0.05) is 30.0 Å². The highest BCUT2D eigenvalue weighted by Crippen LogP contribution is 2.26. The fourth-order valence-electron chi connectivity index (χ4n) is 2.98. The summed E-state index contributed by atoms with van der Waals surface area (Å²) < 4.78 is 12.7. The molecule has 154 valence electrons. The number of hydrogen-bond acceptors (Lipinski definition) is 7. The predicted octanol–water partition coefficient (Wildman–Crippen LogP) is 2.74. The lowest BCUT2D eigenvalue weighted by molar-refractivity contribution is -0.119. The molecule has 0 aliphatic carbocycles. The minimum absolute atomic E-state index is 0.0830. The van der Waals surface area contributed by atoms with Crippen molar-refractivity contribution in [1.82, 2.24) is 20.1 Å². The summed E-state index contributed by atoms with van der Waals surface area (Å²) >= 11 is 1.15. The van der Waals surface area contributed by atoms with Crippen molar-refractivity contribution in [3.05, 3.63) is 54.5 Å². The van der Waals surface area contributed by atoms with E-state index in [0.29, 0.717) is 22.5 Å². The highest BCUT2D eigenvalue weighted by molar-refractivity contribution is 7.99. The van der Waals surface area contributed by atoms with E-state index in [1.165, 1.54) is 10.8 Å². The summed E-state index contributed by atoms with van der Waals surface area (Å²) in [6.45, 7) is 1.73. The summed E-state index contributed by atoms with van der Waals surface area (Å²) in [5.41, 5.74) is 6.12. The third-order valence-electron chi connectivity index (χ3n) is 4.35. The molecule has 0 saturated heterocycles. The molecule has 0 fully saturated rings. The van der Waals surface area contributed by atoms with Gasteiger partial charge in [0.15, 0.2) is 10.9 Å². The van der Waals surface area contributed by atoms with Gasteiger partial charge in [0.05, 0.1) is 18.1 Å². The summed E-state index contributed by atoms with van der Waals surface area (Å²) in [5, 5.41) is 12.4. The lowest BCUT2D eigenvalue weighted by Gasteiger charge is -2.11. The van der Waals surface area contributed by atoms with Crippen LogP contribution in [0.1, 0.15) is 18.7 Å². The average molecular weight is 425 g/mol. The van der Waals surface area contributed by atoms with Gasteiger partial charge < -0.3 is 19.9 Å². The quantitative estimate of drug-likeness (QED) is 0.415. The van der Waals surface area contributed by atoms with Gasteiger partial charge in [0, 0.05) is 5.39 Å². The van der Waals surface area contributed by atoms with E-state index < -0.39 is 5.91 Å². The second-order valence-corrected chi connectivity index (χ2v) is 7.54. The number of para-hydroxylation sites is 1. The van der Waals surface area contributed by atoms with Gasteiger partial charge in [-0.25, -0.2) is 0 Å².